The van der Waals surface area contributed by atoms with Gasteiger partial charge in [0.05, 0.1) is 5.41 Å². The number of amides is 1. The van der Waals surface area contributed by atoms with Crippen molar-refractivity contribution in [1.82, 2.24) is 10.2 Å². The van der Waals surface area contributed by atoms with E-state index in [0.717, 1.165) is 38.9 Å². The molecule has 2 aliphatic rings. The Morgan fingerprint density at radius 3 is 2.33 bits per heavy atom. The SMILES string of the molecule is CC(CN1CCCC1)NC(=O)CC1(C(=O)O)CCCCC1. The normalized spacial score (nSPS) is 23.7. The fourth-order valence-electron chi connectivity index (χ4n) is 3.73. The predicted octanol–water partition coefficient (Wildman–Crippen LogP) is 2.01. The van der Waals surface area contributed by atoms with Crippen LogP contribution < -0.4 is 5.32 Å². The second-order valence-corrected chi connectivity index (χ2v) is 6.80. The highest BCUT2D eigenvalue weighted by Crippen LogP contribution is 2.39. The van der Waals surface area contributed by atoms with Crippen LogP contribution in [0.4, 0.5) is 0 Å². The average molecular weight is 296 g/mol. The highest BCUT2D eigenvalue weighted by molar-refractivity contribution is 5.85. The molecule has 1 saturated carbocycles. The maximum atomic E-state index is 12.2. The molecule has 0 spiro atoms. The Labute approximate surface area is 127 Å². The third-order valence-electron chi connectivity index (χ3n) is 4.90. The van der Waals surface area contributed by atoms with E-state index in [1.165, 1.54) is 12.8 Å². The van der Waals surface area contributed by atoms with E-state index in [1.807, 2.05) is 6.92 Å². The van der Waals surface area contributed by atoms with E-state index in [1.54, 1.807) is 0 Å². The van der Waals surface area contributed by atoms with E-state index < -0.39 is 11.4 Å². The molecule has 1 heterocycles. The van der Waals surface area contributed by atoms with E-state index in [9.17, 15) is 14.7 Å². The lowest BCUT2D eigenvalue weighted by atomic mass is 9.71. The number of carbonyl (C=O) groups is 2. The Kier molecular flexibility index (Phi) is 5.62. The summed E-state index contributed by atoms with van der Waals surface area (Å²) in [5.41, 5.74) is -0.824. The minimum absolute atomic E-state index is 0.0880. The van der Waals surface area contributed by atoms with E-state index in [-0.39, 0.29) is 18.4 Å². The third kappa shape index (κ3) is 4.43. The Bertz CT molecular complexity index is 372. The van der Waals surface area contributed by atoms with Crippen molar-refractivity contribution < 1.29 is 14.7 Å². The lowest BCUT2D eigenvalue weighted by molar-refractivity contribution is -0.154. The van der Waals surface area contributed by atoms with E-state index >= 15 is 0 Å². The van der Waals surface area contributed by atoms with Crippen molar-refractivity contribution in [3.8, 4) is 0 Å². The molecule has 120 valence electrons. The zero-order valence-electron chi connectivity index (χ0n) is 13.1. The summed E-state index contributed by atoms with van der Waals surface area (Å²) in [6.07, 6.45) is 6.80. The molecule has 2 N–H and O–H groups in total. The van der Waals surface area contributed by atoms with Crippen LogP contribution in [-0.4, -0.2) is 47.6 Å². The number of likely N-dealkylation sites (tertiary alicyclic amines) is 1. The number of hydrogen-bond acceptors (Lipinski definition) is 3. The molecule has 2 fully saturated rings. The fraction of sp³-hybridized carbons (Fsp3) is 0.875. The van der Waals surface area contributed by atoms with Gasteiger partial charge in [-0.05, 0) is 45.7 Å². The molecule has 1 amide bonds. The van der Waals surface area contributed by atoms with Gasteiger partial charge in [-0.25, -0.2) is 0 Å². The van der Waals surface area contributed by atoms with Crippen molar-refractivity contribution in [2.24, 2.45) is 5.41 Å². The molecule has 1 atom stereocenters. The molecule has 0 bridgehead atoms. The minimum atomic E-state index is -0.824. The first kappa shape index (κ1) is 16.3. The topological polar surface area (TPSA) is 69.6 Å². The van der Waals surface area contributed by atoms with Gasteiger partial charge in [-0.1, -0.05) is 19.3 Å². The summed E-state index contributed by atoms with van der Waals surface area (Å²) in [7, 11) is 0. The smallest absolute Gasteiger partial charge is 0.310 e. The van der Waals surface area contributed by atoms with Crippen LogP contribution in [0, 0.1) is 5.41 Å². The van der Waals surface area contributed by atoms with Gasteiger partial charge in [0.1, 0.15) is 0 Å². The second kappa shape index (κ2) is 7.25. The number of rotatable bonds is 6. The molecule has 1 aliphatic carbocycles. The molecule has 1 saturated heterocycles. The molecule has 0 aromatic carbocycles. The zero-order chi connectivity index (χ0) is 15.3. The molecule has 0 radical (unpaired) electrons. The number of carboxylic acids is 1. The summed E-state index contributed by atoms with van der Waals surface area (Å²) in [6.45, 7) is 5.09. The van der Waals surface area contributed by atoms with E-state index in [0.29, 0.717) is 12.8 Å². The lowest BCUT2D eigenvalue weighted by Gasteiger charge is -2.33. The summed E-state index contributed by atoms with van der Waals surface area (Å²) >= 11 is 0. The Balaban J connectivity index is 1.82. The molecule has 5 nitrogen and oxygen atoms in total. The van der Waals surface area contributed by atoms with Gasteiger partial charge in [0.25, 0.3) is 0 Å². The van der Waals surface area contributed by atoms with Gasteiger partial charge < -0.3 is 15.3 Å². The maximum Gasteiger partial charge on any atom is 0.310 e. The van der Waals surface area contributed by atoms with Gasteiger partial charge in [0, 0.05) is 19.0 Å². The van der Waals surface area contributed by atoms with E-state index in [2.05, 4.69) is 10.2 Å². The number of nitrogens with one attached hydrogen (secondary N) is 1. The first-order chi connectivity index (χ1) is 10.0. The highest BCUT2D eigenvalue weighted by Gasteiger charge is 2.41. The molecular formula is C16H28N2O3. The molecular weight excluding hydrogens is 268 g/mol. The molecule has 21 heavy (non-hydrogen) atoms. The molecule has 1 unspecified atom stereocenters. The number of carboxylic acid groups (broad SMARTS) is 1. The van der Waals surface area contributed by atoms with Crippen molar-refractivity contribution in [2.75, 3.05) is 19.6 Å². The number of nitrogens with zero attached hydrogens (tertiary/aromatic N) is 1. The summed E-state index contributed by atoms with van der Waals surface area (Å²) in [5, 5.41) is 12.5. The number of carbonyl (C=O) groups excluding carboxylic acids is 1. The Hall–Kier alpha value is -1.10. The van der Waals surface area contributed by atoms with Gasteiger partial charge in [0.2, 0.25) is 5.91 Å². The highest BCUT2D eigenvalue weighted by atomic mass is 16.4. The monoisotopic (exact) mass is 296 g/mol. The summed E-state index contributed by atoms with van der Waals surface area (Å²) in [4.78, 5) is 26.2. The lowest BCUT2D eigenvalue weighted by Crippen LogP contribution is -2.44. The summed E-state index contributed by atoms with van der Waals surface area (Å²) in [6, 6.07) is 0.0880. The number of hydrogen-bond donors (Lipinski definition) is 2. The van der Waals surface area contributed by atoms with Gasteiger partial charge in [-0.15, -0.1) is 0 Å². The Morgan fingerprint density at radius 2 is 1.76 bits per heavy atom. The van der Waals surface area contributed by atoms with Crippen molar-refractivity contribution in [1.29, 1.82) is 0 Å². The van der Waals surface area contributed by atoms with Crippen molar-refractivity contribution in [2.45, 2.75) is 64.3 Å². The van der Waals surface area contributed by atoms with Crippen LogP contribution in [0.1, 0.15) is 58.3 Å². The third-order valence-corrected chi connectivity index (χ3v) is 4.90. The molecule has 0 aromatic rings. The van der Waals surface area contributed by atoms with Gasteiger partial charge >= 0.3 is 5.97 Å². The van der Waals surface area contributed by atoms with Crippen molar-refractivity contribution in [3.05, 3.63) is 0 Å². The van der Waals surface area contributed by atoms with Crippen LogP contribution in [0.15, 0.2) is 0 Å². The largest absolute Gasteiger partial charge is 0.481 e. The van der Waals surface area contributed by atoms with Gasteiger partial charge in [-0.3, -0.25) is 9.59 Å². The van der Waals surface area contributed by atoms with Crippen LogP contribution in [0.25, 0.3) is 0 Å². The quantitative estimate of drug-likeness (QED) is 0.786. The zero-order valence-corrected chi connectivity index (χ0v) is 13.1. The second-order valence-electron chi connectivity index (χ2n) is 6.80. The van der Waals surface area contributed by atoms with Crippen LogP contribution in [0.2, 0.25) is 0 Å². The van der Waals surface area contributed by atoms with E-state index in [4.69, 9.17) is 0 Å². The summed E-state index contributed by atoms with van der Waals surface area (Å²) < 4.78 is 0. The van der Waals surface area contributed by atoms with Gasteiger partial charge in [0.15, 0.2) is 0 Å². The van der Waals surface area contributed by atoms with Crippen molar-refractivity contribution in [3.63, 3.8) is 0 Å². The first-order valence-corrected chi connectivity index (χ1v) is 8.27. The average Bonchev–Trinajstić information content (AvgIpc) is 2.92. The standard InChI is InChI=1S/C16H28N2O3/c1-13(12-18-9-5-6-10-18)17-14(19)11-16(15(20)21)7-3-2-4-8-16/h13H,2-12H2,1H3,(H,17,19)(H,20,21). The predicted molar refractivity (Wildman–Crippen MR) is 81.0 cm³/mol. The molecule has 1 aliphatic heterocycles. The molecule has 5 heteroatoms. The molecule has 2 rings (SSSR count). The van der Waals surface area contributed by atoms with Crippen LogP contribution >= 0.6 is 0 Å². The van der Waals surface area contributed by atoms with Crippen LogP contribution in [-0.2, 0) is 9.59 Å². The van der Waals surface area contributed by atoms with Crippen molar-refractivity contribution >= 4 is 11.9 Å². The number of aliphatic carboxylic acids is 1. The molecule has 0 aromatic heterocycles. The maximum absolute atomic E-state index is 12.2. The fourth-order valence-corrected chi connectivity index (χ4v) is 3.73. The minimum Gasteiger partial charge on any atom is -0.481 e. The first-order valence-electron chi connectivity index (χ1n) is 8.27. The van der Waals surface area contributed by atoms with Crippen LogP contribution in [0.3, 0.4) is 0 Å². The summed E-state index contributed by atoms with van der Waals surface area (Å²) in [5.74, 6) is -0.907. The van der Waals surface area contributed by atoms with Gasteiger partial charge in [-0.2, -0.15) is 0 Å². The van der Waals surface area contributed by atoms with Crippen LogP contribution in [0.5, 0.6) is 0 Å². The Morgan fingerprint density at radius 1 is 1.14 bits per heavy atom.